The lowest BCUT2D eigenvalue weighted by molar-refractivity contribution is 0.0872. The van der Waals surface area contributed by atoms with E-state index in [0.29, 0.717) is 22.8 Å². The first kappa shape index (κ1) is 9.46. The van der Waals surface area contributed by atoms with Gasteiger partial charge in [0.25, 0.3) is 0 Å². The van der Waals surface area contributed by atoms with Crippen molar-refractivity contribution >= 4 is 9.84 Å². The predicted octanol–water partition coefficient (Wildman–Crippen LogP) is 0.421. The van der Waals surface area contributed by atoms with E-state index in [-0.39, 0.29) is 0 Å². The van der Waals surface area contributed by atoms with Crippen LogP contribution >= 0.6 is 0 Å². The average molecular weight is 203 g/mol. The maximum atomic E-state index is 11.3. The monoisotopic (exact) mass is 203 g/mol. The van der Waals surface area contributed by atoms with Crippen LogP contribution in [0, 0.1) is 11.3 Å². The zero-order valence-electron chi connectivity index (χ0n) is 8.04. The molecule has 0 bridgehead atoms. The maximum Gasteiger partial charge on any atom is 0.150 e. The second-order valence-corrected chi connectivity index (χ2v) is 6.65. The highest BCUT2D eigenvalue weighted by molar-refractivity contribution is 7.91. The molecule has 1 atom stereocenters. The van der Waals surface area contributed by atoms with E-state index in [9.17, 15) is 8.42 Å². The van der Waals surface area contributed by atoms with Gasteiger partial charge in [0.1, 0.15) is 0 Å². The van der Waals surface area contributed by atoms with Crippen molar-refractivity contribution in [3.8, 4) is 0 Å². The zero-order valence-corrected chi connectivity index (χ0v) is 8.86. The Kier molecular flexibility index (Phi) is 2.15. The second-order valence-electron chi connectivity index (χ2n) is 4.42. The Morgan fingerprint density at radius 3 is 2.46 bits per heavy atom. The highest BCUT2D eigenvalue weighted by atomic mass is 32.2. The molecule has 0 saturated carbocycles. The van der Waals surface area contributed by atoms with Crippen LogP contribution in [0.5, 0.6) is 0 Å². The first-order chi connectivity index (χ1) is 6.08. The van der Waals surface area contributed by atoms with Crippen molar-refractivity contribution in [3.05, 3.63) is 0 Å². The molecule has 13 heavy (non-hydrogen) atoms. The fraction of sp³-hybridized carbons (Fsp3) is 1.00. The minimum absolute atomic E-state index is 0.309. The molecule has 2 fully saturated rings. The van der Waals surface area contributed by atoms with Crippen LogP contribution in [0.1, 0.15) is 19.8 Å². The first-order valence-electron chi connectivity index (χ1n) is 4.99. The van der Waals surface area contributed by atoms with Gasteiger partial charge in [0.05, 0.1) is 11.5 Å². The van der Waals surface area contributed by atoms with Crippen LogP contribution in [0.25, 0.3) is 0 Å². The summed E-state index contributed by atoms with van der Waals surface area (Å²) in [4.78, 5) is 0. The van der Waals surface area contributed by atoms with Crippen LogP contribution < -0.4 is 5.32 Å². The van der Waals surface area contributed by atoms with Crippen LogP contribution in [0.3, 0.4) is 0 Å². The lowest BCUT2D eigenvalue weighted by Gasteiger charge is -2.46. The fourth-order valence-electron chi connectivity index (χ4n) is 2.55. The summed E-state index contributed by atoms with van der Waals surface area (Å²) in [5, 5.41) is 3.26. The molecular formula is C9H17NO2S. The summed E-state index contributed by atoms with van der Waals surface area (Å²) in [5.74, 6) is 1.27. The van der Waals surface area contributed by atoms with Crippen LogP contribution in [0.15, 0.2) is 0 Å². The lowest BCUT2D eigenvalue weighted by atomic mass is 9.68. The number of hydrogen-bond donors (Lipinski definition) is 1. The van der Waals surface area contributed by atoms with Gasteiger partial charge in [0.2, 0.25) is 0 Å². The van der Waals surface area contributed by atoms with Crippen molar-refractivity contribution in [2.75, 3.05) is 24.6 Å². The summed E-state index contributed by atoms with van der Waals surface area (Å²) >= 11 is 0. The predicted molar refractivity (Wildman–Crippen MR) is 52.4 cm³/mol. The standard InChI is InChI=1S/C9H17NO2S/c1-2-9(6-10-7-9)8-3-4-13(11,12)5-8/h8,10H,2-7H2,1H3. The largest absolute Gasteiger partial charge is 0.316 e. The molecule has 3 nitrogen and oxygen atoms in total. The molecule has 4 heteroatoms. The smallest absolute Gasteiger partial charge is 0.150 e. The van der Waals surface area contributed by atoms with E-state index in [4.69, 9.17) is 0 Å². The maximum absolute atomic E-state index is 11.3. The summed E-state index contributed by atoms with van der Waals surface area (Å²) in [6.45, 7) is 4.21. The Balaban J connectivity index is 2.10. The summed E-state index contributed by atoms with van der Waals surface area (Å²) in [7, 11) is -2.69. The Morgan fingerprint density at radius 2 is 2.15 bits per heavy atom. The molecule has 0 amide bonds. The van der Waals surface area contributed by atoms with Gasteiger partial charge in [-0.3, -0.25) is 0 Å². The van der Waals surface area contributed by atoms with E-state index in [2.05, 4.69) is 12.2 Å². The highest BCUT2D eigenvalue weighted by Crippen LogP contribution is 2.41. The van der Waals surface area contributed by atoms with Crippen molar-refractivity contribution in [2.45, 2.75) is 19.8 Å². The van der Waals surface area contributed by atoms with E-state index in [1.165, 1.54) is 0 Å². The van der Waals surface area contributed by atoms with Crippen LogP contribution in [-0.4, -0.2) is 33.0 Å². The summed E-state index contributed by atoms with van der Waals surface area (Å²) < 4.78 is 22.6. The molecule has 0 spiro atoms. The van der Waals surface area contributed by atoms with Gasteiger partial charge in [-0.15, -0.1) is 0 Å². The van der Waals surface area contributed by atoms with Crippen molar-refractivity contribution in [3.63, 3.8) is 0 Å². The normalized spacial score (nSPS) is 35.6. The lowest BCUT2D eigenvalue weighted by Crippen LogP contribution is -2.57. The number of hydrogen-bond acceptors (Lipinski definition) is 3. The molecule has 2 heterocycles. The summed E-state index contributed by atoms with van der Waals surface area (Å²) in [6.07, 6.45) is 2.00. The van der Waals surface area contributed by atoms with E-state index < -0.39 is 9.84 Å². The average Bonchev–Trinajstić information content (AvgIpc) is 2.30. The number of rotatable bonds is 2. The van der Waals surface area contributed by atoms with Gasteiger partial charge in [-0.1, -0.05) is 6.92 Å². The molecule has 0 aromatic rings. The van der Waals surface area contributed by atoms with Crippen molar-refractivity contribution in [1.82, 2.24) is 5.32 Å². The summed E-state index contributed by atoms with van der Waals surface area (Å²) in [5.41, 5.74) is 0.309. The molecule has 0 aromatic heterocycles. The van der Waals surface area contributed by atoms with E-state index in [0.717, 1.165) is 25.9 Å². The molecule has 0 radical (unpaired) electrons. The number of sulfone groups is 1. The minimum Gasteiger partial charge on any atom is -0.316 e. The van der Waals surface area contributed by atoms with Crippen molar-refractivity contribution < 1.29 is 8.42 Å². The second kappa shape index (κ2) is 2.95. The third-order valence-electron chi connectivity index (χ3n) is 3.76. The number of nitrogens with one attached hydrogen (secondary N) is 1. The SMILES string of the molecule is CCC1(C2CCS(=O)(=O)C2)CNC1. The zero-order chi connectivity index (χ0) is 9.53. The van der Waals surface area contributed by atoms with Crippen LogP contribution in [-0.2, 0) is 9.84 Å². The third-order valence-corrected chi connectivity index (χ3v) is 5.52. The van der Waals surface area contributed by atoms with E-state index >= 15 is 0 Å². The van der Waals surface area contributed by atoms with E-state index in [1.54, 1.807) is 0 Å². The fourth-order valence-corrected chi connectivity index (χ4v) is 4.50. The van der Waals surface area contributed by atoms with Crippen LogP contribution in [0.4, 0.5) is 0 Å². The highest BCUT2D eigenvalue weighted by Gasteiger charge is 2.46. The van der Waals surface area contributed by atoms with Crippen molar-refractivity contribution in [1.29, 1.82) is 0 Å². The molecule has 76 valence electrons. The molecule has 1 unspecified atom stereocenters. The van der Waals surface area contributed by atoms with Gasteiger partial charge in [-0.2, -0.15) is 0 Å². The molecule has 0 aliphatic carbocycles. The molecule has 2 rings (SSSR count). The van der Waals surface area contributed by atoms with Crippen molar-refractivity contribution in [2.24, 2.45) is 11.3 Å². The van der Waals surface area contributed by atoms with Gasteiger partial charge in [-0.05, 0) is 24.2 Å². The Morgan fingerprint density at radius 1 is 1.46 bits per heavy atom. The molecule has 2 aliphatic rings. The Labute approximate surface area is 79.8 Å². The quantitative estimate of drug-likeness (QED) is 0.707. The Bertz CT molecular complexity index is 287. The molecule has 2 saturated heterocycles. The minimum atomic E-state index is -2.69. The molecule has 0 aromatic carbocycles. The first-order valence-corrected chi connectivity index (χ1v) is 6.81. The van der Waals surface area contributed by atoms with Crippen LogP contribution in [0.2, 0.25) is 0 Å². The van der Waals surface area contributed by atoms with Gasteiger partial charge in [-0.25, -0.2) is 8.42 Å². The molecular weight excluding hydrogens is 186 g/mol. The van der Waals surface area contributed by atoms with Gasteiger partial charge < -0.3 is 5.32 Å². The molecule has 2 aliphatic heterocycles. The topological polar surface area (TPSA) is 46.2 Å². The van der Waals surface area contributed by atoms with Gasteiger partial charge >= 0.3 is 0 Å². The third kappa shape index (κ3) is 1.50. The Hall–Kier alpha value is -0.0900. The van der Waals surface area contributed by atoms with E-state index in [1.807, 2.05) is 0 Å². The summed E-state index contributed by atoms with van der Waals surface area (Å²) in [6, 6.07) is 0. The van der Waals surface area contributed by atoms with Gasteiger partial charge in [0, 0.05) is 13.1 Å². The van der Waals surface area contributed by atoms with Gasteiger partial charge in [0.15, 0.2) is 9.84 Å². The molecule has 1 N–H and O–H groups in total.